The number of hydrogen-bond donors (Lipinski definition) is 1. The Morgan fingerprint density at radius 2 is 2.05 bits per heavy atom. The van der Waals surface area contributed by atoms with Gasteiger partial charge in [0.2, 0.25) is 5.89 Å². The van der Waals surface area contributed by atoms with Crippen LogP contribution in [-0.2, 0) is 5.41 Å². The van der Waals surface area contributed by atoms with E-state index in [-0.39, 0.29) is 11.5 Å². The summed E-state index contributed by atoms with van der Waals surface area (Å²) in [5.41, 5.74) is 7.17. The number of nitrogens with two attached hydrogens (primary N) is 1. The molecule has 0 amide bonds. The molecule has 2 N–H and O–H groups in total. The van der Waals surface area contributed by atoms with Gasteiger partial charge in [-0.25, -0.2) is 0 Å². The van der Waals surface area contributed by atoms with Crippen molar-refractivity contribution in [3.8, 4) is 0 Å². The summed E-state index contributed by atoms with van der Waals surface area (Å²) < 4.78 is 5.33. The molecule has 1 heterocycles. The zero-order chi connectivity index (χ0) is 13.3. The largest absolute Gasteiger partial charge is 0.338 e. The van der Waals surface area contributed by atoms with Gasteiger partial charge in [-0.15, -0.1) is 0 Å². The second kappa shape index (κ2) is 4.78. The van der Waals surface area contributed by atoms with Crippen molar-refractivity contribution in [3.05, 3.63) is 47.6 Å². The Labute approximate surface area is 113 Å². The van der Waals surface area contributed by atoms with Gasteiger partial charge in [0.05, 0.1) is 11.5 Å². The first-order chi connectivity index (χ1) is 9.26. The van der Waals surface area contributed by atoms with Crippen LogP contribution in [0.4, 0.5) is 0 Å². The van der Waals surface area contributed by atoms with E-state index < -0.39 is 0 Å². The fourth-order valence-corrected chi connectivity index (χ4v) is 2.68. The second-order valence-electron chi connectivity index (χ2n) is 5.27. The highest BCUT2D eigenvalue weighted by molar-refractivity contribution is 5.35. The maximum absolute atomic E-state index is 5.95. The summed E-state index contributed by atoms with van der Waals surface area (Å²) in [5, 5.41) is 4.19. The highest BCUT2D eigenvalue weighted by Crippen LogP contribution is 2.47. The van der Waals surface area contributed by atoms with Gasteiger partial charge in [-0.1, -0.05) is 48.8 Å². The molecule has 2 aromatic rings. The van der Waals surface area contributed by atoms with Gasteiger partial charge in [0.1, 0.15) is 0 Å². The average molecular weight is 257 g/mol. The molecule has 1 atom stereocenters. The van der Waals surface area contributed by atoms with Gasteiger partial charge >= 0.3 is 0 Å². The van der Waals surface area contributed by atoms with Crippen LogP contribution in [-0.4, -0.2) is 10.1 Å². The minimum absolute atomic E-state index is 0.0591. The number of benzene rings is 1. The summed E-state index contributed by atoms with van der Waals surface area (Å²) in [7, 11) is 0. The maximum atomic E-state index is 5.95. The van der Waals surface area contributed by atoms with Crippen molar-refractivity contribution in [1.82, 2.24) is 10.1 Å². The molecule has 1 aromatic heterocycles. The molecule has 3 rings (SSSR count). The summed E-state index contributed by atoms with van der Waals surface area (Å²) in [4.78, 5) is 4.55. The molecule has 1 unspecified atom stereocenters. The van der Waals surface area contributed by atoms with E-state index in [0.29, 0.717) is 5.89 Å². The lowest BCUT2D eigenvalue weighted by Crippen LogP contribution is -2.36. The van der Waals surface area contributed by atoms with Crippen LogP contribution in [0.1, 0.15) is 55.9 Å². The van der Waals surface area contributed by atoms with E-state index in [2.05, 4.69) is 34.4 Å². The minimum atomic E-state index is -0.158. The van der Waals surface area contributed by atoms with Gasteiger partial charge in [0, 0.05) is 0 Å². The molecule has 4 heteroatoms. The molecule has 1 aromatic carbocycles. The Balaban J connectivity index is 1.97. The van der Waals surface area contributed by atoms with E-state index in [1.54, 1.807) is 0 Å². The van der Waals surface area contributed by atoms with Gasteiger partial charge in [0.15, 0.2) is 5.82 Å². The zero-order valence-corrected chi connectivity index (χ0v) is 11.2. The van der Waals surface area contributed by atoms with Crippen LogP contribution < -0.4 is 5.73 Å². The summed E-state index contributed by atoms with van der Waals surface area (Å²) in [6, 6.07) is 10.3. The van der Waals surface area contributed by atoms with Crippen molar-refractivity contribution in [1.29, 1.82) is 0 Å². The van der Waals surface area contributed by atoms with Gasteiger partial charge in [-0.2, -0.15) is 4.98 Å². The van der Waals surface area contributed by atoms with E-state index >= 15 is 0 Å². The summed E-state index contributed by atoms with van der Waals surface area (Å²) >= 11 is 0. The SMILES string of the molecule is CCC(N)c1nc(C2(c3ccccc3)CCC2)no1. The van der Waals surface area contributed by atoms with Crippen LogP contribution in [0.25, 0.3) is 0 Å². The van der Waals surface area contributed by atoms with E-state index in [9.17, 15) is 0 Å². The minimum Gasteiger partial charge on any atom is -0.338 e. The van der Waals surface area contributed by atoms with Crippen LogP contribution >= 0.6 is 0 Å². The lowest BCUT2D eigenvalue weighted by molar-refractivity contribution is 0.269. The first kappa shape index (κ1) is 12.4. The van der Waals surface area contributed by atoms with Gasteiger partial charge in [-0.3, -0.25) is 0 Å². The Kier molecular flexibility index (Phi) is 3.11. The molecule has 0 radical (unpaired) electrons. The summed E-state index contributed by atoms with van der Waals surface area (Å²) in [5.74, 6) is 1.35. The van der Waals surface area contributed by atoms with Crippen molar-refractivity contribution < 1.29 is 4.52 Å². The second-order valence-corrected chi connectivity index (χ2v) is 5.27. The van der Waals surface area contributed by atoms with Crippen LogP contribution in [0, 0.1) is 0 Å². The standard InChI is InChI=1S/C15H19N3O/c1-2-12(16)13-17-14(18-19-13)15(9-6-10-15)11-7-4-3-5-8-11/h3-5,7-8,12H,2,6,9-10,16H2,1H3. The summed E-state index contributed by atoms with van der Waals surface area (Å²) in [6.07, 6.45) is 4.17. The molecule has 19 heavy (non-hydrogen) atoms. The fourth-order valence-electron chi connectivity index (χ4n) is 2.68. The molecule has 1 saturated carbocycles. The Hall–Kier alpha value is -1.68. The molecular formula is C15H19N3O. The molecule has 4 nitrogen and oxygen atoms in total. The third-order valence-electron chi connectivity index (χ3n) is 4.16. The lowest BCUT2D eigenvalue weighted by Gasteiger charge is -2.39. The van der Waals surface area contributed by atoms with Crippen molar-refractivity contribution in [2.75, 3.05) is 0 Å². The lowest BCUT2D eigenvalue weighted by atomic mass is 9.64. The molecule has 0 bridgehead atoms. The Bertz CT molecular complexity index is 546. The smallest absolute Gasteiger partial charge is 0.243 e. The van der Waals surface area contributed by atoms with Crippen LogP contribution in [0.15, 0.2) is 34.9 Å². The van der Waals surface area contributed by atoms with Crippen molar-refractivity contribution in [2.24, 2.45) is 5.73 Å². The fraction of sp³-hybridized carbons (Fsp3) is 0.467. The number of aromatic nitrogens is 2. The molecule has 0 saturated heterocycles. The van der Waals surface area contributed by atoms with E-state index in [1.165, 1.54) is 12.0 Å². The van der Waals surface area contributed by atoms with Gasteiger partial charge in [-0.05, 0) is 24.8 Å². The van der Waals surface area contributed by atoms with Crippen molar-refractivity contribution in [2.45, 2.75) is 44.1 Å². The Morgan fingerprint density at radius 3 is 2.63 bits per heavy atom. The van der Waals surface area contributed by atoms with Crippen LogP contribution in [0.5, 0.6) is 0 Å². The molecule has 1 aliphatic rings. The normalized spacial score (nSPS) is 18.8. The highest BCUT2D eigenvalue weighted by atomic mass is 16.5. The predicted octanol–water partition coefficient (Wildman–Crippen LogP) is 2.95. The molecule has 1 aliphatic carbocycles. The highest BCUT2D eigenvalue weighted by Gasteiger charge is 2.44. The van der Waals surface area contributed by atoms with E-state index in [4.69, 9.17) is 10.3 Å². The quantitative estimate of drug-likeness (QED) is 0.914. The molecule has 1 fully saturated rings. The third-order valence-corrected chi connectivity index (χ3v) is 4.16. The average Bonchev–Trinajstić information content (AvgIpc) is 2.88. The van der Waals surface area contributed by atoms with Crippen LogP contribution in [0.3, 0.4) is 0 Å². The topological polar surface area (TPSA) is 64.9 Å². The first-order valence-corrected chi connectivity index (χ1v) is 6.91. The Morgan fingerprint density at radius 1 is 1.32 bits per heavy atom. The number of hydrogen-bond acceptors (Lipinski definition) is 4. The molecule has 100 valence electrons. The number of rotatable bonds is 4. The van der Waals surface area contributed by atoms with Gasteiger partial charge in [0.25, 0.3) is 0 Å². The van der Waals surface area contributed by atoms with E-state index in [0.717, 1.165) is 25.1 Å². The third kappa shape index (κ3) is 1.96. The number of nitrogens with zero attached hydrogens (tertiary/aromatic N) is 2. The first-order valence-electron chi connectivity index (χ1n) is 6.91. The predicted molar refractivity (Wildman–Crippen MR) is 72.6 cm³/mol. The molecule has 0 aliphatic heterocycles. The monoisotopic (exact) mass is 257 g/mol. The molecular weight excluding hydrogens is 238 g/mol. The van der Waals surface area contributed by atoms with Crippen molar-refractivity contribution >= 4 is 0 Å². The maximum Gasteiger partial charge on any atom is 0.243 e. The van der Waals surface area contributed by atoms with E-state index in [1.807, 2.05) is 13.0 Å². The zero-order valence-electron chi connectivity index (χ0n) is 11.2. The van der Waals surface area contributed by atoms with Crippen LogP contribution in [0.2, 0.25) is 0 Å². The summed E-state index contributed by atoms with van der Waals surface area (Å²) in [6.45, 7) is 2.02. The molecule has 0 spiro atoms. The van der Waals surface area contributed by atoms with Gasteiger partial charge < -0.3 is 10.3 Å². The van der Waals surface area contributed by atoms with Crippen molar-refractivity contribution in [3.63, 3.8) is 0 Å².